The number of H-pyrrole nitrogens is 1. The number of hydrogen-bond acceptors (Lipinski definition) is 4. The zero-order valence-corrected chi connectivity index (χ0v) is 16.2. The molecule has 2 N–H and O–H groups in total. The molecule has 2 aromatic rings. The number of ketones is 1. The van der Waals surface area contributed by atoms with Gasteiger partial charge in [0.25, 0.3) is 5.91 Å². The summed E-state index contributed by atoms with van der Waals surface area (Å²) in [5.41, 5.74) is 2.78. The van der Waals surface area contributed by atoms with E-state index in [0.29, 0.717) is 5.56 Å². The molecular weight excluding hydrogens is 344 g/mol. The van der Waals surface area contributed by atoms with Crippen molar-refractivity contribution in [2.45, 2.75) is 40.2 Å². The van der Waals surface area contributed by atoms with E-state index in [2.05, 4.69) is 29.4 Å². The molecule has 1 atom stereocenters. The Morgan fingerprint density at radius 3 is 2.33 bits per heavy atom. The van der Waals surface area contributed by atoms with E-state index in [0.717, 1.165) is 12.0 Å². The second-order valence-electron chi connectivity index (χ2n) is 6.82. The van der Waals surface area contributed by atoms with Crippen LogP contribution in [-0.4, -0.2) is 29.3 Å². The first-order chi connectivity index (χ1) is 12.8. The van der Waals surface area contributed by atoms with E-state index in [-0.39, 0.29) is 36.0 Å². The van der Waals surface area contributed by atoms with E-state index in [1.165, 1.54) is 24.8 Å². The number of esters is 1. The minimum atomic E-state index is -0.675. The van der Waals surface area contributed by atoms with Gasteiger partial charge in [-0.05, 0) is 36.5 Å². The van der Waals surface area contributed by atoms with Crippen molar-refractivity contribution in [3.63, 3.8) is 0 Å². The summed E-state index contributed by atoms with van der Waals surface area (Å²) in [6.07, 6.45) is 2.40. The Labute approximate surface area is 159 Å². The van der Waals surface area contributed by atoms with Crippen LogP contribution in [0.25, 0.3) is 0 Å². The van der Waals surface area contributed by atoms with Gasteiger partial charge in [0.2, 0.25) is 0 Å². The van der Waals surface area contributed by atoms with E-state index >= 15 is 0 Å². The number of nitrogens with one attached hydrogen (secondary N) is 2. The molecule has 0 aliphatic rings. The first-order valence-corrected chi connectivity index (χ1v) is 9.06. The summed E-state index contributed by atoms with van der Waals surface area (Å²) in [6, 6.07) is 9.37. The fraction of sp³-hybridized carbons (Fsp3) is 0.381. The van der Waals surface area contributed by atoms with Crippen LogP contribution in [0, 0.1) is 5.92 Å². The van der Waals surface area contributed by atoms with Crippen LogP contribution in [0.3, 0.4) is 0 Å². The van der Waals surface area contributed by atoms with Gasteiger partial charge in [0, 0.05) is 11.8 Å². The highest BCUT2D eigenvalue weighted by atomic mass is 16.5. The van der Waals surface area contributed by atoms with Crippen LogP contribution in [0.15, 0.2) is 36.5 Å². The maximum Gasteiger partial charge on any atom is 0.355 e. The number of rotatable bonds is 8. The Balaban J connectivity index is 1.94. The molecule has 6 nitrogen and oxygen atoms in total. The van der Waals surface area contributed by atoms with Gasteiger partial charge in [-0.2, -0.15) is 0 Å². The molecule has 0 aliphatic carbocycles. The molecule has 6 heteroatoms. The fourth-order valence-electron chi connectivity index (χ4n) is 2.73. The second-order valence-corrected chi connectivity index (χ2v) is 6.82. The zero-order valence-electron chi connectivity index (χ0n) is 16.2. The summed E-state index contributed by atoms with van der Waals surface area (Å²) in [6.45, 7) is 7.16. The second kappa shape index (κ2) is 9.16. The molecule has 1 aromatic carbocycles. The number of ether oxygens (including phenoxy) is 1. The number of Topliss-reactive ketones (excluding diaryl/α,β-unsaturated/α-hetero) is 1. The lowest BCUT2D eigenvalue weighted by Gasteiger charge is -2.23. The number of carbonyl (C=O) groups excluding carboxylic acids is 3. The smallest absolute Gasteiger partial charge is 0.355 e. The lowest BCUT2D eigenvalue weighted by molar-refractivity contribution is -0.125. The highest BCUT2D eigenvalue weighted by molar-refractivity contribution is 5.97. The van der Waals surface area contributed by atoms with E-state index in [4.69, 9.17) is 4.74 Å². The highest BCUT2D eigenvalue weighted by Gasteiger charge is 2.20. The van der Waals surface area contributed by atoms with Crippen LogP contribution in [0.4, 0.5) is 0 Å². The van der Waals surface area contributed by atoms with Gasteiger partial charge in [0.15, 0.2) is 12.4 Å². The minimum Gasteiger partial charge on any atom is -0.451 e. The van der Waals surface area contributed by atoms with Crippen LogP contribution in [0.1, 0.15) is 65.7 Å². The van der Waals surface area contributed by atoms with Crippen molar-refractivity contribution in [3.8, 4) is 0 Å². The van der Waals surface area contributed by atoms with E-state index < -0.39 is 5.97 Å². The molecule has 1 amide bonds. The number of hydrogen-bond donors (Lipinski definition) is 2. The number of aromatic amines is 1. The van der Waals surface area contributed by atoms with E-state index in [1.54, 1.807) is 0 Å². The molecule has 0 saturated heterocycles. The van der Waals surface area contributed by atoms with Crippen LogP contribution in [0.2, 0.25) is 0 Å². The number of benzene rings is 1. The number of aryl methyl sites for hydroxylation is 1. The van der Waals surface area contributed by atoms with Gasteiger partial charge in [-0.3, -0.25) is 9.59 Å². The SMILES string of the molecule is CCc1ccc([C@H](NC(=O)COC(=O)c2cc(C(C)=O)c[nH]2)C(C)C)cc1. The van der Waals surface area contributed by atoms with Gasteiger partial charge in [-0.25, -0.2) is 4.79 Å². The fourth-order valence-corrected chi connectivity index (χ4v) is 2.73. The van der Waals surface area contributed by atoms with E-state index in [1.807, 2.05) is 26.0 Å². The molecule has 27 heavy (non-hydrogen) atoms. The van der Waals surface area contributed by atoms with Crippen molar-refractivity contribution in [1.82, 2.24) is 10.3 Å². The predicted molar refractivity (Wildman–Crippen MR) is 103 cm³/mol. The molecule has 0 aliphatic heterocycles. The topological polar surface area (TPSA) is 88.3 Å². The largest absolute Gasteiger partial charge is 0.451 e. The first kappa shape index (κ1) is 20.4. The van der Waals surface area contributed by atoms with Gasteiger partial charge in [-0.15, -0.1) is 0 Å². The van der Waals surface area contributed by atoms with E-state index in [9.17, 15) is 14.4 Å². The van der Waals surface area contributed by atoms with Crippen molar-refractivity contribution in [3.05, 3.63) is 58.9 Å². The third-order valence-electron chi connectivity index (χ3n) is 4.37. The first-order valence-electron chi connectivity index (χ1n) is 9.06. The molecule has 0 radical (unpaired) electrons. The number of carbonyl (C=O) groups is 3. The van der Waals surface area contributed by atoms with Crippen molar-refractivity contribution in [2.75, 3.05) is 6.61 Å². The Morgan fingerprint density at radius 2 is 1.81 bits per heavy atom. The summed E-state index contributed by atoms with van der Waals surface area (Å²) in [4.78, 5) is 38.2. The minimum absolute atomic E-state index is 0.142. The molecule has 0 saturated carbocycles. The quantitative estimate of drug-likeness (QED) is 0.550. The monoisotopic (exact) mass is 370 g/mol. The highest BCUT2D eigenvalue weighted by Crippen LogP contribution is 2.22. The lowest BCUT2D eigenvalue weighted by atomic mass is 9.95. The molecular formula is C21H26N2O4. The maximum absolute atomic E-state index is 12.3. The van der Waals surface area contributed by atoms with Gasteiger partial charge in [-0.1, -0.05) is 45.0 Å². The summed E-state index contributed by atoms with van der Waals surface area (Å²) in [5, 5.41) is 2.92. The Morgan fingerprint density at radius 1 is 1.15 bits per heavy atom. The molecule has 1 aromatic heterocycles. The zero-order chi connectivity index (χ0) is 20.0. The summed E-state index contributed by atoms with van der Waals surface area (Å²) in [7, 11) is 0. The number of amides is 1. The average molecular weight is 370 g/mol. The van der Waals surface area contributed by atoms with Gasteiger partial charge < -0.3 is 15.0 Å². The van der Waals surface area contributed by atoms with Crippen molar-refractivity contribution >= 4 is 17.7 Å². The third kappa shape index (κ3) is 5.54. The Kier molecular flexibility index (Phi) is 6.93. The molecule has 0 unspecified atom stereocenters. The van der Waals surface area contributed by atoms with Crippen LogP contribution in [0.5, 0.6) is 0 Å². The normalized spacial score (nSPS) is 11.9. The maximum atomic E-state index is 12.3. The van der Waals surface area contributed by atoms with Crippen molar-refractivity contribution < 1.29 is 19.1 Å². The molecule has 2 rings (SSSR count). The lowest BCUT2D eigenvalue weighted by Crippen LogP contribution is -2.35. The molecule has 144 valence electrons. The van der Waals surface area contributed by atoms with Gasteiger partial charge in [0.1, 0.15) is 5.69 Å². The molecule has 0 fully saturated rings. The van der Waals surface area contributed by atoms with Gasteiger partial charge >= 0.3 is 5.97 Å². The standard InChI is InChI=1S/C21H26N2O4/c1-5-15-6-8-16(9-7-15)20(13(2)3)23-19(25)12-27-21(26)18-10-17(11-22-18)14(4)24/h6-11,13,20,22H,5,12H2,1-4H3,(H,23,25)/t20-/m1/s1. The Hall–Kier alpha value is -2.89. The van der Waals surface area contributed by atoms with Crippen molar-refractivity contribution in [1.29, 1.82) is 0 Å². The van der Waals surface area contributed by atoms with Crippen LogP contribution < -0.4 is 5.32 Å². The third-order valence-corrected chi connectivity index (χ3v) is 4.37. The number of aromatic nitrogens is 1. The van der Waals surface area contributed by atoms with Crippen molar-refractivity contribution in [2.24, 2.45) is 5.92 Å². The van der Waals surface area contributed by atoms with Crippen LogP contribution >= 0.6 is 0 Å². The molecule has 0 bridgehead atoms. The summed E-state index contributed by atoms with van der Waals surface area (Å²) < 4.78 is 5.04. The predicted octanol–water partition coefficient (Wildman–Crippen LogP) is 3.45. The molecule has 1 heterocycles. The van der Waals surface area contributed by atoms with Crippen LogP contribution in [-0.2, 0) is 16.0 Å². The summed E-state index contributed by atoms with van der Waals surface area (Å²) >= 11 is 0. The summed E-state index contributed by atoms with van der Waals surface area (Å²) in [5.74, 6) is -1.03. The Bertz CT molecular complexity index is 806. The average Bonchev–Trinajstić information content (AvgIpc) is 3.14. The van der Waals surface area contributed by atoms with Gasteiger partial charge in [0.05, 0.1) is 6.04 Å². The molecule has 0 spiro atoms.